The number of nitrogens with one attached hydrogen (secondary N) is 2. The monoisotopic (exact) mass is 430 g/mol. The van der Waals surface area contributed by atoms with E-state index in [2.05, 4.69) is 15.7 Å². The fourth-order valence-corrected chi connectivity index (χ4v) is 3.32. The Morgan fingerprint density at radius 3 is 2.62 bits per heavy atom. The molecule has 1 aliphatic rings. The number of fused-ring (bicyclic) bond motifs is 1. The average molecular weight is 430 g/mol. The lowest BCUT2D eigenvalue weighted by Crippen LogP contribution is -2.24. The van der Waals surface area contributed by atoms with Gasteiger partial charge in [-0.3, -0.25) is 4.79 Å². The van der Waals surface area contributed by atoms with Gasteiger partial charge in [0.2, 0.25) is 0 Å². The summed E-state index contributed by atoms with van der Waals surface area (Å²) in [6.45, 7) is 2.45. The van der Waals surface area contributed by atoms with Gasteiger partial charge < -0.3 is 20.5 Å². The van der Waals surface area contributed by atoms with Crippen LogP contribution in [0.4, 0.5) is 11.5 Å². The molecule has 8 heteroatoms. The number of aromatic nitrogens is 2. The van der Waals surface area contributed by atoms with E-state index >= 15 is 0 Å². The van der Waals surface area contributed by atoms with E-state index in [1.165, 1.54) is 6.20 Å². The molecule has 162 valence electrons. The van der Waals surface area contributed by atoms with Gasteiger partial charge in [0.05, 0.1) is 18.8 Å². The first-order valence-electron chi connectivity index (χ1n) is 10.1. The van der Waals surface area contributed by atoms with Crippen molar-refractivity contribution in [2.24, 2.45) is 0 Å². The summed E-state index contributed by atoms with van der Waals surface area (Å²) < 4.78 is 6.99. The summed E-state index contributed by atoms with van der Waals surface area (Å²) in [6, 6.07) is 16.2. The molecule has 0 bridgehead atoms. The number of amides is 1. The number of carboxylic acids is 1. The maximum atomic E-state index is 12.9. The molecule has 1 aromatic heterocycles. The molecule has 8 nitrogen and oxygen atoms in total. The molecule has 0 saturated carbocycles. The largest absolute Gasteiger partial charge is 0.494 e. The minimum absolute atomic E-state index is 0.0178. The Balaban J connectivity index is 1.59. The van der Waals surface area contributed by atoms with Crippen molar-refractivity contribution < 1.29 is 19.4 Å². The summed E-state index contributed by atoms with van der Waals surface area (Å²) in [7, 11) is 0. The van der Waals surface area contributed by atoms with Crippen molar-refractivity contribution in [3.05, 3.63) is 89.8 Å². The zero-order valence-corrected chi connectivity index (χ0v) is 17.4. The lowest BCUT2D eigenvalue weighted by Gasteiger charge is -2.22. The first kappa shape index (κ1) is 20.9. The Labute approximate surface area is 184 Å². The SMILES string of the molecule is CCOc1ccc(NC(=O)c2cnn3c2NC(C(=O)O)=CC3/C=C/c2ccccc2)cc1. The first-order valence-corrected chi connectivity index (χ1v) is 10.1. The highest BCUT2D eigenvalue weighted by molar-refractivity contribution is 6.08. The molecule has 2 aromatic carbocycles. The molecular weight excluding hydrogens is 408 g/mol. The van der Waals surface area contributed by atoms with Crippen LogP contribution >= 0.6 is 0 Å². The van der Waals surface area contributed by atoms with Crippen molar-refractivity contribution >= 4 is 29.5 Å². The van der Waals surface area contributed by atoms with Crippen LogP contribution < -0.4 is 15.4 Å². The lowest BCUT2D eigenvalue weighted by molar-refractivity contribution is -0.132. The van der Waals surface area contributed by atoms with Crippen LogP contribution in [0.15, 0.2) is 78.6 Å². The molecule has 0 spiro atoms. The second-order valence-electron chi connectivity index (χ2n) is 7.03. The summed E-state index contributed by atoms with van der Waals surface area (Å²) >= 11 is 0. The second-order valence-corrected chi connectivity index (χ2v) is 7.03. The quantitative estimate of drug-likeness (QED) is 0.519. The number of anilines is 2. The first-order chi connectivity index (χ1) is 15.5. The van der Waals surface area contributed by atoms with Crippen LogP contribution in [0.1, 0.15) is 28.9 Å². The summed E-state index contributed by atoms with van der Waals surface area (Å²) in [6.07, 6.45) is 6.70. The average Bonchev–Trinajstić information content (AvgIpc) is 3.24. The molecule has 3 aromatic rings. The van der Waals surface area contributed by atoms with Gasteiger partial charge in [-0.05, 0) is 42.8 Å². The zero-order chi connectivity index (χ0) is 22.5. The van der Waals surface area contributed by atoms with Gasteiger partial charge in [-0.2, -0.15) is 5.10 Å². The van der Waals surface area contributed by atoms with Gasteiger partial charge in [0, 0.05) is 5.69 Å². The van der Waals surface area contributed by atoms with Crippen LogP contribution in [0.2, 0.25) is 0 Å². The Kier molecular flexibility index (Phi) is 6.03. The molecule has 2 heterocycles. The highest BCUT2D eigenvalue weighted by Crippen LogP contribution is 2.30. The Bertz CT molecular complexity index is 1180. The second kappa shape index (κ2) is 9.22. The van der Waals surface area contributed by atoms with E-state index in [4.69, 9.17) is 4.74 Å². The van der Waals surface area contributed by atoms with Gasteiger partial charge in [-0.25, -0.2) is 9.48 Å². The molecule has 32 heavy (non-hydrogen) atoms. The molecular formula is C24H22N4O4. The number of allylic oxidation sites excluding steroid dienone is 2. The van der Waals surface area contributed by atoms with E-state index in [9.17, 15) is 14.7 Å². The molecule has 0 aliphatic carbocycles. The molecule has 0 radical (unpaired) electrons. The van der Waals surface area contributed by atoms with Crippen LogP contribution in [-0.4, -0.2) is 33.4 Å². The number of hydrogen-bond acceptors (Lipinski definition) is 5. The van der Waals surface area contributed by atoms with Crippen molar-refractivity contribution in [1.29, 1.82) is 0 Å². The van der Waals surface area contributed by atoms with Gasteiger partial charge in [-0.15, -0.1) is 0 Å². The number of hydrogen-bond donors (Lipinski definition) is 3. The Hall–Kier alpha value is -4.33. The number of carbonyl (C=O) groups is 2. The molecule has 0 fully saturated rings. The van der Waals surface area contributed by atoms with E-state index in [0.29, 0.717) is 23.9 Å². The van der Waals surface area contributed by atoms with Crippen molar-refractivity contribution in [3.63, 3.8) is 0 Å². The zero-order valence-electron chi connectivity index (χ0n) is 17.4. The molecule has 1 amide bonds. The number of ether oxygens (including phenoxy) is 1. The number of aliphatic carboxylic acids is 1. The summed E-state index contributed by atoms with van der Waals surface area (Å²) in [5, 5.41) is 19.5. The fourth-order valence-electron chi connectivity index (χ4n) is 3.32. The molecule has 1 aliphatic heterocycles. The summed E-state index contributed by atoms with van der Waals surface area (Å²) in [5.41, 5.74) is 1.78. The van der Waals surface area contributed by atoms with Gasteiger partial charge >= 0.3 is 5.97 Å². The normalized spacial score (nSPS) is 14.9. The number of nitrogens with zero attached hydrogens (tertiary/aromatic N) is 2. The van der Waals surface area contributed by atoms with Gasteiger partial charge in [0.15, 0.2) is 0 Å². The third-order valence-electron chi connectivity index (χ3n) is 4.85. The van der Waals surface area contributed by atoms with Crippen molar-refractivity contribution in [2.45, 2.75) is 13.0 Å². The minimum Gasteiger partial charge on any atom is -0.494 e. The van der Waals surface area contributed by atoms with Crippen LogP contribution in [-0.2, 0) is 4.79 Å². The summed E-state index contributed by atoms with van der Waals surface area (Å²) in [5.74, 6) is -0.496. The minimum atomic E-state index is -1.12. The maximum Gasteiger partial charge on any atom is 0.352 e. The van der Waals surface area contributed by atoms with Crippen LogP contribution in [0.3, 0.4) is 0 Å². The highest BCUT2D eigenvalue weighted by Gasteiger charge is 2.27. The van der Waals surface area contributed by atoms with Crippen LogP contribution in [0.5, 0.6) is 5.75 Å². The topological polar surface area (TPSA) is 105 Å². The molecule has 1 unspecified atom stereocenters. The number of rotatable bonds is 7. The van der Waals surface area contributed by atoms with Gasteiger partial charge in [-0.1, -0.05) is 42.5 Å². The van der Waals surface area contributed by atoms with Crippen molar-refractivity contribution in [2.75, 3.05) is 17.2 Å². The summed E-state index contributed by atoms with van der Waals surface area (Å²) in [4.78, 5) is 24.6. The van der Waals surface area contributed by atoms with Crippen LogP contribution in [0, 0.1) is 0 Å². The Morgan fingerprint density at radius 1 is 1.19 bits per heavy atom. The number of carboxylic acid groups (broad SMARTS) is 1. The smallest absolute Gasteiger partial charge is 0.352 e. The van der Waals surface area contributed by atoms with E-state index in [0.717, 1.165) is 5.56 Å². The van der Waals surface area contributed by atoms with E-state index in [1.807, 2.05) is 49.4 Å². The predicted octanol–water partition coefficient (Wildman–Crippen LogP) is 4.18. The van der Waals surface area contributed by atoms with E-state index in [1.54, 1.807) is 35.0 Å². The van der Waals surface area contributed by atoms with Gasteiger partial charge in [0.1, 0.15) is 22.8 Å². The Morgan fingerprint density at radius 2 is 1.94 bits per heavy atom. The third kappa shape index (κ3) is 4.54. The molecule has 3 N–H and O–H groups in total. The molecule has 0 saturated heterocycles. The molecule has 4 rings (SSSR count). The maximum absolute atomic E-state index is 12.9. The number of benzene rings is 2. The van der Waals surface area contributed by atoms with E-state index in [-0.39, 0.29) is 11.3 Å². The van der Waals surface area contributed by atoms with Gasteiger partial charge in [0.25, 0.3) is 5.91 Å². The van der Waals surface area contributed by atoms with E-state index < -0.39 is 17.9 Å². The van der Waals surface area contributed by atoms with Crippen LogP contribution in [0.25, 0.3) is 6.08 Å². The van der Waals surface area contributed by atoms with Crippen molar-refractivity contribution in [3.8, 4) is 5.75 Å². The fraction of sp³-hybridized carbons (Fsp3) is 0.125. The van der Waals surface area contributed by atoms with Crippen molar-refractivity contribution in [1.82, 2.24) is 9.78 Å². The molecule has 1 atom stereocenters. The third-order valence-corrected chi connectivity index (χ3v) is 4.85. The highest BCUT2D eigenvalue weighted by atomic mass is 16.5. The number of carbonyl (C=O) groups excluding carboxylic acids is 1. The lowest BCUT2D eigenvalue weighted by atomic mass is 10.1. The standard InChI is InChI=1S/C24H22N4O4/c1-2-32-19-12-9-17(10-13-19)26-23(29)20-15-25-28-18(11-8-16-6-4-3-5-7-16)14-21(24(30)31)27-22(20)28/h3-15,18,27H,2H2,1H3,(H,26,29)(H,30,31)/b11-8+. The predicted molar refractivity (Wildman–Crippen MR) is 122 cm³/mol.